The number of halogens is 1. The molecule has 0 aliphatic rings. The SMILES string of the molecule is Cc1cc(C)n(CC(=O)NNC(=O)CS(=O)(=O)c2ccc(Cl)cc2)n1. The quantitative estimate of drug-likeness (QED) is 0.740. The molecule has 0 spiro atoms. The molecule has 25 heavy (non-hydrogen) atoms. The fourth-order valence-electron chi connectivity index (χ4n) is 2.08. The van der Waals surface area contributed by atoms with Crippen molar-refractivity contribution in [3.63, 3.8) is 0 Å². The second-order valence-electron chi connectivity index (χ2n) is 5.39. The van der Waals surface area contributed by atoms with E-state index in [4.69, 9.17) is 11.6 Å². The summed E-state index contributed by atoms with van der Waals surface area (Å²) in [5.41, 5.74) is 5.81. The molecule has 2 amide bonds. The number of hydrogen-bond donors (Lipinski definition) is 2. The number of carbonyl (C=O) groups is 2. The third-order valence-corrected chi connectivity index (χ3v) is 5.12. The van der Waals surface area contributed by atoms with Crippen LogP contribution in [0.15, 0.2) is 35.2 Å². The molecule has 1 heterocycles. The summed E-state index contributed by atoms with van der Waals surface area (Å²) in [6, 6.07) is 7.27. The molecule has 2 rings (SSSR count). The first-order chi connectivity index (χ1) is 11.7. The van der Waals surface area contributed by atoms with Gasteiger partial charge in [-0.15, -0.1) is 0 Å². The minimum absolute atomic E-state index is 0.0268. The van der Waals surface area contributed by atoms with Crippen molar-refractivity contribution < 1.29 is 18.0 Å². The molecule has 134 valence electrons. The number of hydrazine groups is 1. The van der Waals surface area contributed by atoms with Gasteiger partial charge in [-0.3, -0.25) is 25.1 Å². The molecule has 2 aromatic rings. The largest absolute Gasteiger partial charge is 0.272 e. The van der Waals surface area contributed by atoms with Gasteiger partial charge in [0, 0.05) is 10.7 Å². The lowest BCUT2D eigenvalue weighted by Gasteiger charge is -2.09. The number of aryl methyl sites for hydroxylation is 2. The van der Waals surface area contributed by atoms with Crippen LogP contribution >= 0.6 is 11.6 Å². The Balaban J connectivity index is 1.88. The molecule has 2 N–H and O–H groups in total. The Morgan fingerprint density at radius 2 is 1.72 bits per heavy atom. The molecule has 0 radical (unpaired) electrons. The molecule has 10 heteroatoms. The Hall–Kier alpha value is -2.39. The number of carbonyl (C=O) groups excluding carboxylic acids is 2. The number of hydrogen-bond acceptors (Lipinski definition) is 5. The van der Waals surface area contributed by atoms with Crippen LogP contribution < -0.4 is 10.9 Å². The van der Waals surface area contributed by atoms with E-state index in [9.17, 15) is 18.0 Å². The van der Waals surface area contributed by atoms with Crippen LogP contribution in [0.1, 0.15) is 11.4 Å². The van der Waals surface area contributed by atoms with E-state index in [-0.39, 0.29) is 11.4 Å². The summed E-state index contributed by atoms with van der Waals surface area (Å²) in [7, 11) is -3.83. The lowest BCUT2D eigenvalue weighted by atomic mass is 10.4. The number of aromatic nitrogens is 2. The summed E-state index contributed by atoms with van der Waals surface area (Å²) >= 11 is 5.70. The van der Waals surface area contributed by atoms with Crippen LogP contribution in [-0.4, -0.2) is 35.8 Å². The zero-order chi connectivity index (χ0) is 18.6. The van der Waals surface area contributed by atoms with Gasteiger partial charge < -0.3 is 0 Å². The highest BCUT2D eigenvalue weighted by Crippen LogP contribution is 2.15. The van der Waals surface area contributed by atoms with Gasteiger partial charge in [-0.1, -0.05) is 11.6 Å². The molecule has 0 aliphatic heterocycles. The monoisotopic (exact) mass is 384 g/mol. The molecule has 0 bridgehead atoms. The number of rotatable bonds is 5. The highest BCUT2D eigenvalue weighted by atomic mass is 35.5. The molecule has 1 aromatic heterocycles. The Bertz CT molecular complexity index is 891. The smallest absolute Gasteiger partial charge is 0.260 e. The third kappa shape index (κ3) is 5.30. The van der Waals surface area contributed by atoms with Crippen LogP contribution in [0.4, 0.5) is 0 Å². The lowest BCUT2D eigenvalue weighted by Crippen LogP contribution is -2.45. The topological polar surface area (TPSA) is 110 Å². The third-order valence-electron chi connectivity index (χ3n) is 3.23. The molecule has 1 aromatic carbocycles. The van der Waals surface area contributed by atoms with E-state index in [0.29, 0.717) is 5.02 Å². The van der Waals surface area contributed by atoms with Crippen molar-refractivity contribution in [3.8, 4) is 0 Å². The normalized spacial score (nSPS) is 11.2. The van der Waals surface area contributed by atoms with Gasteiger partial charge in [0.2, 0.25) is 0 Å². The fourth-order valence-corrected chi connectivity index (χ4v) is 3.34. The van der Waals surface area contributed by atoms with Crippen LogP contribution in [0, 0.1) is 13.8 Å². The first kappa shape index (κ1) is 18.9. The van der Waals surface area contributed by atoms with Gasteiger partial charge in [0.05, 0.1) is 10.6 Å². The van der Waals surface area contributed by atoms with Gasteiger partial charge >= 0.3 is 0 Å². The Kier molecular flexibility index (Phi) is 5.81. The van der Waals surface area contributed by atoms with Crippen molar-refractivity contribution in [1.82, 2.24) is 20.6 Å². The minimum atomic E-state index is -3.83. The molecule has 0 atom stereocenters. The summed E-state index contributed by atoms with van der Waals surface area (Å²) in [4.78, 5) is 23.5. The second kappa shape index (κ2) is 7.66. The maximum Gasteiger partial charge on any atom is 0.260 e. The minimum Gasteiger partial charge on any atom is -0.272 e. The van der Waals surface area contributed by atoms with E-state index in [1.165, 1.54) is 28.9 Å². The van der Waals surface area contributed by atoms with Crippen molar-refractivity contribution in [3.05, 3.63) is 46.7 Å². The van der Waals surface area contributed by atoms with Crippen molar-refractivity contribution in [2.75, 3.05) is 5.75 Å². The van der Waals surface area contributed by atoms with Crippen LogP contribution in [-0.2, 0) is 26.0 Å². The molecule has 0 saturated carbocycles. The van der Waals surface area contributed by atoms with Crippen molar-refractivity contribution in [1.29, 1.82) is 0 Å². The summed E-state index contributed by atoms with van der Waals surface area (Å²) in [6.45, 7) is 3.50. The van der Waals surface area contributed by atoms with Gasteiger partial charge in [0.1, 0.15) is 12.3 Å². The summed E-state index contributed by atoms with van der Waals surface area (Å²) in [5.74, 6) is -2.17. The molecule has 0 aliphatic carbocycles. The molecule has 0 saturated heterocycles. The first-order valence-electron chi connectivity index (χ1n) is 7.24. The maximum absolute atomic E-state index is 12.1. The predicted octanol–water partition coefficient (Wildman–Crippen LogP) is 0.775. The van der Waals surface area contributed by atoms with E-state index < -0.39 is 27.4 Å². The Morgan fingerprint density at radius 3 is 2.28 bits per heavy atom. The van der Waals surface area contributed by atoms with Gasteiger partial charge in [0.15, 0.2) is 9.84 Å². The second-order valence-corrected chi connectivity index (χ2v) is 7.82. The summed E-state index contributed by atoms with van der Waals surface area (Å²) in [5, 5.41) is 4.51. The van der Waals surface area contributed by atoms with Gasteiger partial charge in [-0.05, 0) is 44.2 Å². The number of sulfone groups is 1. The van der Waals surface area contributed by atoms with Crippen molar-refractivity contribution in [2.24, 2.45) is 0 Å². The molecular weight excluding hydrogens is 368 g/mol. The molecule has 0 unspecified atom stereocenters. The zero-order valence-electron chi connectivity index (χ0n) is 13.6. The fraction of sp³-hybridized carbons (Fsp3) is 0.267. The van der Waals surface area contributed by atoms with E-state index >= 15 is 0 Å². The number of nitrogens with one attached hydrogen (secondary N) is 2. The van der Waals surface area contributed by atoms with Gasteiger partial charge in [-0.25, -0.2) is 8.42 Å². The Morgan fingerprint density at radius 1 is 1.12 bits per heavy atom. The predicted molar refractivity (Wildman–Crippen MR) is 91.5 cm³/mol. The van der Waals surface area contributed by atoms with Crippen LogP contribution in [0.25, 0.3) is 0 Å². The average Bonchev–Trinajstić information content (AvgIpc) is 2.83. The van der Waals surface area contributed by atoms with Crippen LogP contribution in [0.2, 0.25) is 5.02 Å². The van der Waals surface area contributed by atoms with Crippen molar-refractivity contribution in [2.45, 2.75) is 25.3 Å². The number of amides is 2. The Labute approximate surface area is 150 Å². The molecule has 8 nitrogen and oxygen atoms in total. The number of nitrogens with zero attached hydrogens (tertiary/aromatic N) is 2. The standard InChI is InChI=1S/C15H17ClN4O4S/c1-10-7-11(2)20(19-10)8-14(21)17-18-15(22)9-25(23,24)13-5-3-12(16)4-6-13/h3-7H,8-9H2,1-2H3,(H,17,21)(H,18,22). The van der Waals surface area contributed by atoms with Gasteiger partial charge in [-0.2, -0.15) is 5.10 Å². The summed E-state index contributed by atoms with van der Waals surface area (Å²) in [6.07, 6.45) is 0. The van der Waals surface area contributed by atoms with Crippen LogP contribution in [0.5, 0.6) is 0 Å². The number of benzene rings is 1. The summed E-state index contributed by atoms with van der Waals surface area (Å²) < 4.78 is 25.7. The van der Waals surface area contributed by atoms with E-state index in [1.54, 1.807) is 13.8 Å². The molecule has 0 fully saturated rings. The zero-order valence-corrected chi connectivity index (χ0v) is 15.2. The van der Waals surface area contributed by atoms with Crippen LogP contribution in [0.3, 0.4) is 0 Å². The highest BCUT2D eigenvalue weighted by Gasteiger charge is 2.19. The van der Waals surface area contributed by atoms with Gasteiger partial charge in [0.25, 0.3) is 11.8 Å². The van der Waals surface area contributed by atoms with E-state index in [1.807, 2.05) is 6.07 Å². The van der Waals surface area contributed by atoms with E-state index in [2.05, 4.69) is 16.0 Å². The average molecular weight is 385 g/mol. The maximum atomic E-state index is 12.1. The lowest BCUT2D eigenvalue weighted by molar-refractivity contribution is -0.128. The highest BCUT2D eigenvalue weighted by molar-refractivity contribution is 7.92. The first-order valence-corrected chi connectivity index (χ1v) is 9.27. The van der Waals surface area contributed by atoms with E-state index in [0.717, 1.165) is 11.4 Å². The van der Waals surface area contributed by atoms with Crippen molar-refractivity contribution >= 4 is 33.3 Å². The molecular formula is C15H17ClN4O4S.